The molecule has 0 atom stereocenters. The van der Waals surface area contributed by atoms with Crippen LogP contribution >= 0.6 is 11.3 Å². The maximum absolute atomic E-state index is 5.48. The fraction of sp³-hybridized carbons (Fsp3) is 0.167. The Morgan fingerprint density at radius 1 is 1.89 bits per heavy atom. The lowest BCUT2D eigenvalue weighted by molar-refractivity contribution is 1.30. The summed E-state index contributed by atoms with van der Waals surface area (Å²) < 4.78 is 0. The van der Waals surface area contributed by atoms with Crippen molar-refractivity contribution in [3.05, 3.63) is 23.0 Å². The van der Waals surface area contributed by atoms with E-state index in [1.165, 1.54) is 0 Å². The van der Waals surface area contributed by atoms with Crippen molar-refractivity contribution in [3.8, 4) is 0 Å². The molecule has 0 spiro atoms. The zero-order valence-corrected chi connectivity index (χ0v) is 5.82. The van der Waals surface area contributed by atoms with Gasteiger partial charge in [-0.2, -0.15) is 0 Å². The van der Waals surface area contributed by atoms with Crippen molar-refractivity contribution in [1.82, 2.24) is 4.98 Å². The van der Waals surface area contributed by atoms with Gasteiger partial charge in [-0.1, -0.05) is 6.08 Å². The quantitative estimate of drug-likeness (QED) is 0.631. The molecule has 1 heterocycles. The molecule has 0 aliphatic heterocycles. The van der Waals surface area contributed by atoms with Gasteiger partial charge in [-0.3, -0.25) is 0 Å². The number of rotatable bonds is 2. The van der Waals surface area contributed by atoms with E-state index in [1.807, 2.05) is 6.08 Å². The van der Waals surface area contributed by atoms with Crippen molar-refractivity contribution >= 4 is 17.2 Å². The van der Waals surface area contributed by atoms with Gasteiger partial charge in [0.05, 0.1) is 10.4 Å². The number of hydrogen-bond donors (Lipinski definition) is 1. The van der Waals surface area contributed by atoms with E-state index < -0.39 is 0 Å². The Labute approximate surface area is 58.0 Å². The van der Waals surface area contributed by atoms with Crippen LogP contribution in [-0.2, 0) is 6.42 Å². The third kappa shape index (κ3) is 1.29. The van der Waals surface area contributed by atoms with Crippen molar-refractivity contribution in [1.29, 1.82) is 0 Å². The molecule has 0 amide bonds. The first kappa shape index (κ1) is 6.29. The summed E-state index contributed by atoms with van der Waals surface area (Å²) >= 11 is 1.57. The lowest BCUT2D eigenvalue weighted by Crippen LogP contribution is -1.88. The summed E-state index contributed by atoms with van der Waals surface area (Å²) in [5.41, 5.74) is 7.22. The van der Waals surface area contributed by atoms with E-state index >= 15 is 0 Å². The van der Waals surface area contributed by atoms with Crippen LogP contribution < -0.4 is 5.73 Å². The van der Waals surface area contributed by atoms with Crippen LogP contribution in [0.15, 0.2) is 18.2 Å². The summed E-state index contributed by atoms with van der Waals surface area (Å²) in [5, 5.41) is 0. The van der Waals surface area contributed by atoms with Gasteiger partial charge < -0.3 is 5.73 Å². The van der Waals surface area contributed by atoms with E-state index in [0.717, 1.165) is 11.3 Å². The van der Waals surface area contributed by atoms with Crippen LogP contribution in [0.1, 0.15) is 4.88 Å². The van der Waals surface area contributed by atoms with E-state index in [1.54, 1.807) is 16.8 Å². The molecular weight excluding hydrogens is 132 g/mol. The Morgan fingerprint density at radius 2 is 2.67 bits per heavy atom. The summed E-state index contributed by atoms with van der Waals surface area (Å²) in [4.78, 5) is 4.99. The molecule has 0 fully saturated rings. The number of nitrogens with zero attached hydrogens (tertiary/aromatic N) is 1. The number of nitrogens with two attached hydrogens (primary N) is 1. The van der Waals surface area contributed by atoms with Gasteiger partial charge in [0.2, 0.25) is 0 Å². The van der Waals surface area contributed by atoms with E-state index in [-0.39, 0.29) is 0 Å². The zero-order chi connectivity index (χ0) is 6.69. The van der Waals surface area contributed by atoms with E-state index in [9.17, 15) is 0 Å². The lowest BCUT2D eigenvalue weighted by atomic mass is 10.3. The predicted octanol–water partition coefficient (Wildman–Crippen LogP) is 1.45. The molecule has 0 aliphatic rings. The van der Waals surface area contributed by atoms with Gasteiger partial charge in [-0.05, 0) is 0 Å². The largest absolute Gasteiger partial charge is 0.383 e. The molecule has 48 valence electrons. The number of allylic oxidation sites excluding steroid dienone is 1. The third-order valence-electron chi connectivity index (χ3n) is 1.00. The monoisotopic (exact) mass is 140 g/mol. The second-order valence-electron chi connectivity index (χ2n) is 1.65. The molecule has 2 nitrogen and oxygen atoms in total. The van der Waals surface area contributed by atoms with E-state index in [2.05, 4.69) is 11.6 Å². The standard InChI is InChI=1S/C6H8N2S/c1-2-3-5-6(7)8-4-9-5/h2,4H,1,3,7H2. The minimum absolute atomic E-state index is 0.639. The fourth-order valence-electron chi connectivity index (χ4n) is 0.563. The number of anilines is 1. The average molecular weight is 140 g/mol. The van der Waals surface area contributed by atoms with Gasteiger partial charge in [0, 0.05) is 6.42 Å². The molecule has 1 aromatic rings. The number of thiazole rings is 1. The van der Waals surface area contributed by atoms with Gasteiger partial charge in [0.1, 0.15) is 5.82 Å². The minimum atomic E-state index is 0.639. The Morgan fingerprint density at radius 3 is 3.11 bits per heavy atom. The molecular formula is C6H8N2S. The summed E-state index contributed by atoms with van der Waals surface area (Å²) in [6.07, 6.45) is 2.65. The van der Waals surface area contributed by atoms with Gasteiger partial charge in [0.15, 0.2) is 0 Å². The van der Waals surface area contributed by atoms with Crippen LogP contribution in [0.3, 0.4) is 0 Å². The highest BCUT2D eigenvalue weighted by atomic mass is 32.1. The molecule has 0 radical (unpaired) electrons. The van der Waals surface area contributed by atoms with Crippen LogP contribution in [-0.4, -0.2) is 4.98 Å². The molecule has 0 aromatic carbocycles. The van der Waals surface area contributed by atoms with E-state index in [0.29, 0.717) is 5.82 Å². The van der Waals surface area contributed by atoms with Crippen LogP contribution in [0.4, 0.5) is 5.82 Å². The number of nitrogen functional groups attached to an aromatic ring is 1. The van der Waals surface area contributed by atoms with Gasteiger partial charge >= 0.3 is 0 Å². The summed E-state index contributed by atoms with van der Waals surface area (Å²) in [6.45, 7) is 3.60. The molecule has 1 rings (SSSR count). The van der Waals surface area contributed by atoms with Crippen molar-refractivity contribution in [2.45, 2.75) is 6.42 Å². The van der Waals surface area contributed by atoms with Crippen molar-refractivity contribution in [2.24, 2.45) is 0 Å². The molecule has 0 unspecified atom stereocenters. The average Bonchev–Trinajstić information content (AvgIpc) is 2.18. The number of hydrogen-bond acceptors (Lipinski definition) is 3. The molecule has 3 heteroatoms. The predicted molar refractivity (Wildman–Crippen MR) is 40.4 cm³/mol. The summed E-state index contributed by atoms with van der Waals surface area (Å²) in [7, 11) is 0. The normalized spacial score (nSPS) is 9.33. The molecule has 0 bridgehead atoms. The first-order valence-electron chi connectivity index (χ1n) is 2.63. The smallest absolute Gasteiger partial charge is 0.137 e. The third-order valence-corrected chi connectivity index (χ3v) is 1.87. The van der Waals surface area contributed by atoms with Gasteiger partial charge in [-0.25, -0.2) is 4.98 Å². The highest BCUT2D eigenvalue weighted by Gasteiger charge is 1.96. The van der Waals surface area contributed by atoms with E-state index in [4.69, 9.17) is 5.73 Å². The zero-order valence-electron chi connectivity index (χ0n) is 5.00. The molecule has 0 saturated carbocycles. The second kappa shape index (κ2) is 2.64. The SMILES string of the molecule is C=CCc1scnc1N. The first-order valence-corrected chi connectivity index (χ1v) is 3.51. The molecule has 9 heavy (non-hydrogen) atoms. The van der Waals surface area contributed by atoms with Crippen LogP contribution in [0.25, 0.3) is 0 Å². The van der Waals surface area contributed by atoms with Gasteiger partial charge in [0.25, 0.3) is 0 Å². The summed E-state index contributed by atoms with van der Waals surface area (Å²) in [5.74, 6) is 0.639. The molecule has 2 N–H and O–H groups in total. The Kier molecular flexibility index (Phi) is 1.85. The van der Waals surface area contributed by atoms with Crippen molar-refractivity contribution in [2.75, 3.05) is 5.73 Å². The van der Waals surface area contributed by atoms with Crippen LogP contribution in [0, 0.1) is 0 Å². The Hall–Kier alpha value is -0.830. The first-order chi connectivity index (χ1) is 4.34. The Bertz CT molecular complexity index is 205. The maximum Gasteiger partial charge on any atom is 0.137 e. The maximum atomic E-state index is 5.48. The molecule has 1 aromatic heterocycles. The fourth-order valence-corrected chi connectivity index (χ4v) is 1.24. The Balaban J connectivity index is 2.80. The van der Waals surface area contributed by atoms with Crippen LogP contribution in [0.5, 0.6) is 0 Å². The highest BCUT2D eigenvalue weighted by molar-refractivity contribution is 7.10. The summed E-state index contributed by atoms with van der Waals surface area (Å²) in [6, 6.07) is 0. The van der Waals surface area contributed by atoms with Crippen molar-refractivity contribution in [3.63, 3.8) is 0 Å². The van der Waals surface area contributed by atoms with Crippen LogP contribution in [0.2, 0.25) is 0 Å². The van der Waals surface area contributed by atoms with Crippen molar-refractivity contribution < 1.29 is 0 Å². The van der Waals surface area contributed by atoms with Gasteiger partial charge in [-0.15, -0.1) is 17.9 Å². The minimum Gasteiger partial charge on any atom is -0.383 e. The molecule has 0 saturated heterocycles. The molecule has 0 aliphatic carbocycles. The topological polar surface area (TPSA) is 38.9 Å². The second-order valence-corrected chi connectivity index (χ2v) is 2.59. The number of aromatic nitrogens is 1. The lowest BCUT2D eigenvalue weighted by Gasteiger charge is -1.87. The highest BCUT2D eigenvalue weighted by Crippen LogP contribution is 2.15.